The van der Waals surface area contributed by atoms with Crippen molar-refractivity contribution in [1.82, 2.24) is 14.7 Å². The van der Waals surface area contributed by atoms with Crippen LogP contribution in [0.3, 0.4) is 0 Å². The van der Waals surface area contributed by atoms with Gasteiger partial charge in [0.15, 0.2) is 0 Å². The van der Waals surface area contributed by atoms with Crippen LogP contribution < -0.4 is 0 Å². The molecule has 3 aliphatic rings. The van der Waals surface area contributed by atoms with Gasteiger partial charge in [0.05, 0.1) is 4.88 Å². The van der Waals surface area contributed by atoms with Crippen LogP contribution in [-0.2, 0) is 4.79 Å². The summed E-state index contributed by atoms with van der Waals surface area (Å²) in [6, 6.07) is 3.46. The summed E-state index contributed by atoms with van der Waals surface area (Å²) in [6.07, 6.45) is 2.47. The highest BCUT2D eigenvalue weighted by Gasteiger charge is 2.56. The molecule has 7 heteroatoms. The predicted octanol–water partition coefficient (Wildman–Crippen LogP) is 2.34. The van der Waals surface area contributed by atoms with E-state index in [1.54, 1.807) is 4.90 Å². The number of aryl methyl sites for hydroxylation is 1. The molecule has 0 aromatic carbocycles. The molecule has 4 amide bonds. The minimum absolute atomic E-state index is 0.00202. The van der Waals surface area contributed by atoms with Crippen LogP contribution in [-0.4, -0.2) is 64.8 Å². The quantitative estimate of drug-likeness (QED) is 0.760. The average molecular weight is 361 g/mol. The summed E-state index contributed by atoms with van der Waals surface area (Å²) in [5, 5.41) is 0. The fourth-order valence-electron chi connectivity index (χ4n) is 4.45. The molecule has 0 bridgehead atoms. The number of thiophene rings is 1. The summed E-state index contributed by atoms with van der Waals surface area (Å²) in [6.45, 7) is 6.35. The van der Waals surface area contributed by atoms with Crippen molar-refractivity contribution in [2.24, 2.45) is 5.41 Å². The Morgan fingerprint density at radius 3 is 2.56 bits per heavy atom. The maximum Gasteiger partial charge on any atom is 0.327 e. The molecule has 3 fully saturated rings. The SMILES string of the molecule is CCN1C(=O)C2CC3(CCN(C(=O)c4ccc(C)s4)CC3)CN2C1=O. The zero-order valence-corrected chi connectivity index (χ0v) is 15.5. The number of urea groups is 1. The smallest absolute Gasteiger partial charge is 0.327 e. The summed E-state index contributed by atoms with van der Waals surface area (Å²) in [5.41, 5.74) is -0.00202. The van der Waals surface area contributed by atoms with E-state index in [2.05, 4.69) is 0 Å². The molecule has 0 aliphatic carbocycles. The topological polar surface area (TPSA) is 60.9 Å². The van der Waals surface area contributed by atoms with Gasteiger partial charge in [-0.15, -0.1) is 11.3 Å². The number of amides is 4. The average Bonchev–Trinajstić information content (AvgIpc) is 3.24. The van der Waals surface area contributed by atoms with Gasteiger partial charge in [-0.1, -0.05) is 0 Å². The molecule has 0 radical (unpaired) electrons. The van der Waals surface area contributed by atoms with Crippen molar-refractivity contribution in [3.05, 3.63) is 21.9 Å². The first-order valence-corrected chi connectivity index (χ1v) is 9.73. The van der Waals surface area contributed by atoms with Crippen LogP contribution >= 0.6 is 11.3 Å². The molecule has 1 unspecified atom stereocenters. The van der Waals surface area contributed by atoms with E-state index in [0.717, 1.165) is 29.0 Å². The van der Waals surface area contributed by atoms with Gasteiger partial charge in [0.25, 0.3) is 11.8 Å². The third kappa shape index (κ3) is 2.56. The molecule has 4 rings (SSSR count). The first-order chi connectivity index (χ1) is 11.9. The molecule has 3 saturated heterocycles. The van der Waals surface area contributed by atoms with E-state index in [-0.39, 0.29) is 29.3 Å². The third-order valence-electron chi connectivity index (χ3n) is 5.91. The second-order valence-corrected chi connectivity index (χ2v) is 8.70. The Balaban J connectivity index is 1.42. The van der Waals surface area contributed by atoms with E-state index < -0.39 is 0 Å². The standard InChI is InChI=1S/C18H23N3O3S/c1-3-20-15(22)13-10-18(11-21(13)17(20)24)6-8-19(9-7-18)16(23)14-5-4-12(2)25-14/h4-5,13H,3,6-11H2,1-2H3. The summed E-state index contributed by atoms with van der Waals surface area (Å²) in [5.74, 6) is 0.0627. The highest BCUT2D eigenvalue weighted by Crippen LogP contribution is 2.46. The van der Waals surface area contributed by atoms with Gasteiger partial charge >= 0.3 is 6.03 Å². The zero-order valence-electron chi connectivity index (χ0n) is 14.7. The molecule has 0 saturated carbocycles. The van der Waals surface area contributed by atoms with E-state index in [0.29, 0.717) is 26.2 Å². The lowest BCUT2D eigenvalue weighted by atomic mass is 9.76. The molecule has 4 heterocycles. The highest BCUT2D eigenvalue weighted by molar-refractivity contribution is 7.13. The van der Waals surface area contributed by atoms with E-state index in [4.69, 9.17) is 0 Å². The second kappa shape index (κ2) is 5.83. The minimum atomic E-state index is -0.283. The molecule has 134 valence electrons. The van der Waals surface area contributed by atoms with Gasteiger partial charge in [0.2, 0.25) is 0 Å². The highest BCUT2D eigenvalue weighted by atomic mass is 32.1. The van der Waals surface area contributed by atoms with Crippen molar-refractivity contribution >= 4 is 29.2 Å². The lowest BCUT2D eigenvalue weighted by Crippen LogP contribution is -2.45. The molecule has 0 N–H and O–H groups in total. The molecule has 25 heavy (non-hydrogen) atoms. The van der Waals surface area contributed by atoms with Crippen molar-refractivity contribution < 1.29 is 14.4 Å². The number of carbonyl (C=O) groups excluding carboxylic acids is 3. The Bertz CT molecular complexity index is 710. The van der Waals surface area contributed by atoms with E-state index in [1.165, 1.54) is 16.2 Å². The number of rotatable bonds is 2. The van der Waals surface area contributed by atoms with Crippen LogP contribution in [0, 0.1) is 12.3 Å². The Kier molecular flexibility index (Phi) is 3.86. The number of carbonyl (C=O) groups is 3. The number of hydrogen-bond acceptors (Lipinski definition) is 4. The van der Waals surface area contributed by atoms with E-state index in [9.17, 15) is 14.4 Å². The lowest BCUT2D eigenvalue weighted by molar-refractivity contribution is -0.128. The van der Waals surface area contributed by atoms with Crippen molar-refractivity contribution in [3.8, 4) is 0 Å². The number of imide groups is 1. The van der Waals surface area contributed by atoms with Gasteiger partial charge in [-0.25, -0.2) is 4.79 Å². The Morgan fingerprint density at radius 2 is 2.00 bits per heavy atom. The number of nitrogens with zero attached hydrogens (tertiary/aromatic N) is 3. The molecule has 1 spiro atoms. The summed E-state index contributed by atoms with van der Waals surface area (Å²) in [4.78, 5) is 44.4. The number of piperidine rings is 1. The maximum atomic E-state index is 12.6. The van der Waals surface area contributed by atoms with E-state index in [1.807, 2.05) is 30.9 Å². The van der Waals surface area contributed by atoms with Gasteiger partial charge in [-0.2, -0.15) is 0 Å². The number of hydrogen-bond donors (Lipinski definition) is 0. The molecule has 6 nitrogen and oxygen atoms in total. The Labute approximate surface area is 151 Å². The number of fused-ring (bicyclic) bond motifs is 1. The predicted molar refractivity (Wildman–Crippen MR) is 94.5 cm³/mol. The van der Waals surface area contributed by atoms with Crippen molar-refractivity contribution in [2.45, 2.75) is 39.2 Å². The molecule has 3 aliphatic heterocycles. The van der Waals surface area contributed by atoms with Crippen LogP contribution in [0.1, 0.15) is 40.7 Å². The number of likely N-dealkylation sites (tertiary alicyclic amines) is 1. The van der Waals surface area contributed by atoms with Gasteiger partial charge in [0, 0.05) is 31.1 Å². The normalized spacial score (nSPS) is 25.2. The van der Waals surface area contributed by atoms with Gasteiger partial charge < -0.3 is 9.80 Å². The van der Waals surface area contributed by atoms with Crippen molar-refractivity contribution in [3.63, 3.8) is 0 Å². The molecule has 1 aromatic heterocycles. The summed E-state index contributed by atoms with van der Waals surface area (Å²) in [7, 11) is 0. The van der Waals surface area contributed by atoms with Crippen LogP contribution in [0.5, 0.6) is 0 Å². The Morgan fingerprint density at radius 1 is 1.28 bits per heavy atom. The summed E-state index contributed by atoms with van der Waals surface area (Å²) >= 11 is 1.54. The molecule has 1 atom stereocenters. The van der Waals surface area contributed by atoms with Crippen LogP contribution in [0.15, 0.2) is 12.1 Å². The monoisotopic (exact) mass is 361 g/mol. The first-order valence-electron chi connectivity index (χ1n) is 8.92. The van der Waals surface area contributed by atoms with Crippen LogP contribution in [0.2, 0.25) is 0 Å². The first kappa shape index (κ1) is 16.6. The number of likely N-dealkylation sites (N-methyl/N-ethyl adjacent to an activating group) is 1. The third-order valence-corrected chi connectivity index (χ3v) is 6.90. The van der Waals surface area contributed by atoms with E-state index >= 15 is 0 Å². The van der Waals surface area contributed by atoms with Crippen LogP contribution in [0.25, 0.3) is 0 Å². The van der Waals surface area contributed by atoms with Gasteiger partial charge in [0.1, 0.15) is 6.04 Å². The molecular weight excluding hydrogens is 338 g/mol. The maximum absolute atomic E-state index is 12.6. The van der Waals surface area contributed by atoms with Crippen LogP contribution in [0.4, 0.5) is 4.79 Å². The lowest BCUT2D eigenvalue weighted by Gasteiger charge is -2.39. The zero-order chi connectivity index (χ0) is 17.8. The fourth-order valence-corrected chi connectivity index (χ4v) is 5.29. The van der Waals surface area contributed by atoms with Crippen molar-refractivity contribution in [1.29, 1.82) is 0 Å². The van der Waals surface area contributed by atoms with Gasteiger partial charge in [-0.05, 0) is 50.7 Å². The Hall–Kier alpha value is -1.89. The largest absolute Gasteiger partial charge is 0.338 e. The molecular formula is C18H23N3O3S. The van der Waals surface area contributed by atoms with Crippen molar-refractivity contribution in [2.75, 3.05) is 26.2 Å². The fraction of sp³-hybridized carbons (Fsp3) is 0.611. The minimum Gasteiger partial charge on any atom is -0.338 e. The molecule has 1 aromatic rings. The second-order valence-electron chi connectivity index (χ2n) is 7.42. The van der Waals surface area contributed by atoms with Gasteiger partial charge in [-0.3, -0.25) is 14.5 Å². The summed E-state index contributed by atoms with van der Waals surface area (Å²) < 4.78 is 0.